The van der Waals surface area contributed by atoms with Crippen molar-refractivity contribution in [2.45, 2.75) is 32.9 Å². The van der Waals surface area contributed by atoms with Crippen molar-refractivity contribution in [1.29, 1.82) is 0 Å². The van der Waals surface area contributed by atoms with Crippen molar-refractivity contribution in [2.24, 2.45) is 0 Å². The monoisotopic (exact) mass is 337 g/mol. The number of benzene rings is 1. The van der Waals surface area contributed by atoms with Gasteiger partial charge in [-0.15, -0.1) is 10.2 Å². The molecule has 1 aliphatic heterocycles. The minimum Gasteiger partial charge on any atom is -0.361 e. The zero-order valence-corrected chi connectivity index (χ0v) is 14.2. The number of amides is 1. The molecule has 25 heavy (non-hydrogen) atoms. The molecular formula is C18H19N5O2. The molecule has 0 unspecified atom stereocenters. The molecule has 0 bridgehead atoms. The van der Waals surface area contributed by atoms with Gasteiger partial charge in [0.25, 0.3) is 0 Å². The molecule has 0 N–H and O–H groups in total. The highest BCUT2D eigenvalue weighted by Gasteiger charge is 2.29. The van der Waals surface area contributed by atoms with Crippen LogP contribution in [0.2, 0.25) is 0 Å². The number of fused-ring (bicyclic) bond motifs is 1. The first kappa shape index (κ1) is 15.6. The van der Waals surface area contributed by atoms with E-state index >= 15 is 0 Å². The van der Waals surface area contributed by atoms with Gasteiger partial charge in [-0.3, -0.25) is 4.79 Å². The predicted molar refractivity (Wildman–Crippen MR) is 90.5 cm³/mol. The summed E-state index contributed by atoms with van der Waals surface area (Å²) in [5.41, 5.74) is 1.81. The first-order chi connectivity index (χ1) is 12.1. The summed E-state index contributed by atoms with van der Waals surface area (Å²) < 4.78 is 7.28. The maximum atomic E-state index is 12.6. The Morgan fingerprint density at radius 3 is 2.80 bits per heavy atom. The summed E-state index contributed by atoms with van der Waals surface area (Å²) in [6, 6.07) is 11.9. The fraction of sp³-hybridized carbons (Fsp3) is 0.333. The first-order valence-corrected chi connectivity index (χ1v) is 8.31. The first-order valence-electron chi connectivity index (χ1n) is 8.31. The molecule has 1 atom stereocenters. The number of aryl methyl sites for hydroxylation is 1. The van der Waals surface area contributed by atoms with Crippen LogP contribution in [0.1, 0.15) is 30.2 Å². The van der Waals surface area contributed by atoms with Gasteiger partial charge >= 0.3 is 0 Å². The minimum atomic E-state index is 0.0125. The second kappa shape index (κ2) is 6.16. The Morgan fingerprint density at radius 2 is 2.08 bits per heavy atom. The van der Waals surface area contributed by atoms with E-state index in [0.29, 0.717) is 18.8 Å². The van der Waals surface area contributed by atoms with E-state index in [1.54, 1.807) is 11.0 Å². The van der Waals surface area contributed by atoms with Crippen molar-refractivity contribution in [3.63, 3.8) is 0 Å². The van der Waals surface area contributed by atoms with Crippen LogP contribution in [0.15, 0.2) is 40.9 Å². The van der Waals surface area contributed by atoms with Crippen LogP contribution in [0.25, 0.3) is 11.4 Å². The van der Waals surface area contributed by atoms with Crippen LogP contribution < -0.4 is 0 Å². The molecule has 1 aromatic carbocycles. The molecule has 3 aromatic rings. The van der Waals surface area contributed by atoms with Crippen LogP contribution in [0.5, 0.6) is 0 Å². The Labute approximate surface area is 145 Å². The Morgan fingerprint density at radius 1 is 1.28 bits per heavy atom. The molecule has 7 nitrogen and oxygen atoms in total. The van der Waals surface area contributed by atoms with Crippen LogP contribution in [0.3, 0.4) is 0 Å². The standard InChI is InChI=1S/C18H19N5O2/c1-12-8-15(25-21-12)9-17(24)22-10-13(2)23-16(11-22)19-20-18(23)14-6-4-3-5-7-14/h3-8,13H,9-11H2,1-2H3/t13-/m0/s1. The van der Waals surface area contributed by atoms with Crippen LogP contribution >= 0.6 is 0 Å². The number of hydrogen-bond donors (Lipinski definition) is 0. The average molecular weight is 337 g/mol. The molecule has 0 fully saturated rings. The Hall–Kier alpha value is -2.96. The van der Waals surface area contributed by atoms with Gasteiger partial charge in [-0.1, -0.05) is 35.5 Å². The summed E-state index contributed by atoms with van der Waals surface area (Å²) in [5.74, 6) is 2.26. The van der Waals surface area contributed by atoms with Gasteiger partial charge in [0, 0.05) is 18.2 Å². The molecule has 3 heterocycles. The van der Waals surface area contributed by atoms with E-state index in [-0.39, 0.29) is 18.4 Å². The number of carbonyl (C=O) groups excluding carboxylic acids is 1. The molecule has 0 saturated heterocycles. The van der Waals surface area contributed by atoms with Crippen molar-refractivity contribution >= 4 is 5.91 Å². The van der Waals surface area contributed by atoms with E-state index in [1.165, 1.54) is 0 Å². The van der Waals surface area contributed by atoms with Gasteiger partial charge in [0.2, 0.25) is 5.91 Å². The van der Waals surface area contributed by atoms with Crippen LogP contribution in [-0.2, 0) is 17.8 Å². The smallest absolute Gasteiger partial charge is 0.230 e. The van der Waals surface area contributed by atoms with Gasteiger partial charge in [0.1, 0.15) is 5.76 Å². The zero-order valence-electron chi connectivity index (χ0n) is 14.2. The lowest BCUT2D eigenvalue weighted by Crippen LogP contribution is -2.41. The van der Waals surface area contributed by atoms with E-state index in [4.69, 9.17) is 4.52 Å². The molecule has 7 heteroatoms. The minimum absolute atomic E-state index is 0.0125. The third-order valence-corrected chi connectivity index (χ3v) is 4.41. The summed E-state index contributed by atoms with van der Waals surface area (Å²) in [6.07, 6.45) is 0.216. The average Bonchev–Trinajstić information content (AvgIpc) is 3.22. The topological polar surface area (TPSA) is 77.0 Å². The molecule has 2 aromatic heterocycles. The highest BCUT2D eigenvalue weighted by atomic mass is 16.5. The van der Waals surface area contributed by atoms with Gasteiger partial charge < -0.3 is 14.0 Å². The second-order valence-corrected chi connectivity index (χ2v) is 6.41. The van der Waals surface area contributed by atoms with Crippen molar-refractivity contribution in [3.05, 3.63) is 53.7 Å². The number of rotatable bonds is 3. The highest BCUT2D eigenvalue weighted by molar-refractivity contribution is 5.78. The van der Waals surface area contributed by atoms with Crippen LogP contribution in [0.4, 0.5) is 0 Å². The summed E-state index contributed by atoms with van der Waals surface area (Å²) in [7, 11) is 0. The third kappa shape index (κ3) is 2.93. The fourth-order valence-electron chi connectivity index (χ4n) is 3.26. The SMILES string of the molecule is Cc1cc(CC(=O)N2Cc3nnc(-c4ccccc4)n3[C@@H](C)C2)on1. The molecule has 1 aliphatic rings. The maximum absolute atomic E-state index is 12.6. The van der Waals surface area contributed by atoms with E-state index in [2.05, 4.69) is 26.8 Å². The van der Waals surface area contributed by atoms with Crippen LogP contribution in [-0.4, -0.2) is 37.3 Å². The lowest BCUT2D eigenvalue weighted by molar-refractivity contribution is -0.132. The Kier molecular flexibility index (Phi) is 3.83. The molecule has 0 aliphatic carbocycles. The molecule has 128 valence electrons. The number of hydrogen-bond acceptors (Lipinski definition) is 5. The van der Waals surface area contributed by atoms with Crippen molar-refractivity contribution in [2.75, 3.05) is 6.54 Å². The van der Waals surface area contributed by atoms with Crippen molar-refractivity contribution < 1.29 is 9.32 Å². The summed E-state index contributed by atoms with van der Waals surface area (Å²) in [4.78, 5) is 14.4. The summed E-state index contributed by atoms with van der Waals surface area (Å²) in [6.45, 7) is 5.00. The lowest BCUT2D eigenvalue weighted by atomic mass is 10.1. The van der Waals surface area contributed by atoms with Gasteiger partial charge in [0.15, 0.2) is 11.6 Å². The van der Waals surface area contributed by atoms with Gasteiger partial charge in [-0.25, -0.2) is 0 Å². The van der Waals surface area contributed by atoms with Gasteiger partial charge in [-0.2, -0.15) is 0 Å². The molecular weight excluding hydrogens is 318 g/mol. The molecule has 1 amide bonds. The van der Waals surface area contributed by atoms with E-state index in [0.717, 1.165) is 22.9 Å². The Balaban J connectivity index is 1.56. The highest BCUT2D eigenvalue weighted by Crippen LogP contribution is 2.27. The van der Waals surface area contributed by atoms with Gasteiger partial charge in [-0.05, 0) is 13.8 Å². The van der Waals surface area contributed by atoms with E-state index in [9.17, 15) is 4.79 Å². The fourth-order valence-corrected chi connectivity index (χ4v) is 3.26. The molecule has 4 rings (SSSR count). The number of carbonyl (C=O) groups is 1. The summed E-state index contributed by atoms with van der Waals surface area (Å²) >= 11 is 0. The third-order valence-electron chi connectivity index (χ3n) is 4.41. The quantitative estimate of drug-likeness (QED) is 0.733. The predicted octanol–water partition coefficient (Wildman–Crippen LogP) is 2.39. The number of nitrogens with zero attached hydrogens (tertiary/aromatic N) is 5. The molecule has 0 saturated carbocycles. The largest absolute Gasteiger partial charge is 0.361 e. The Bertz CT molecular complexity index is 899. The molecule has 0 radical (unpaired) electrons. The van der Waals surface area contributed by atoms with Crippen LogP contribution in [0, 0.1) is 6.92 Å². The maximum Gasteiger partial charge on any atom is 0.230 e. The normalized spacial score (nSPS) is 16.7. The molecule has 0 spiro atoms. The number of aromatic nitrogens is 4. The summed E-state index contributed by atoms with van der Waals surface area (Å²) in [5, 5.41) is 12.5. The lowest BCUT2D eigenvalue weighted by Gasteiger charge is -2.32. The van der Waals surface area contributed by atoms with E-state index < -0.39 is 0 Å². The van der Waals surface area contributed by atoms with E-state index in [1.807, 2.05) is 37.3 Å². The van der Waals surface area contributed by atoms with Crippen molar-refractivity contribution in [1.82, 2.24) is 24.8 Å². The van der Waals surface area contributed by atoms with Crippen molar-refractivity contribution in [3.8, 4) is 11.4 Å². The second-order valence-electron chi connectivity index (χ2n) is 6.41. The van der Waals surface area contributed by atoms with Gasteiger partial charge in [0.05, 0.1) is 24.7 Å². The zero-order chi connectivity index (χ0) is 17.4.